The van der Waals surface area contributed by atoms with Gasteiger partial charge >= 0.3 is 0 Å². The van der Waals surface area contributed by atoms with Gasteiger partial charge in [0.05, 0.1) is 5.56 Å². The summed E-state index contributed by atoms with van der Waals surface area (Å²) in [7, 11) is 0. The summed E-state index contributed by atoms with van der Waals surface area (Å²) in [6, 6.07) is 12.3. The Morgan fingerprint density at radius 1 is 1.24 bits per heavy atom. The van der Waals surface area contributed by atoms with E-state index in [9.17, 15) is 4.79 Å². The Balaban J connectivity index is 1.66. The first kappa shape index (κ1) is 17.9. The van der Waals surface area contributed by atoms with Gasteiger partial charge in [-0.15, -0.1) is 0 Å². The highest BCUT2D eigenvalue weighted by molar-refractivity contribution is 6.32. The molecule has 2 aromatic rings. The molecule has 0 spiro atoms. The SMILES string of the molecule is CC(C)C(CNC(=O)c1cccnc1Cl)N1CCc2ccccc2C1. The first-order valence-electron chi connectivity index (χ1n) is 8.76. The molecular formula is C20H24ClN3O. The Kier molecular flexibility index (Phi) is 5.71. The van der Waals surface area contributed by atoms with Crippen molar-refractivity contribution >= 4 is 17.5 Å². The molecule has 2 heterocycles. The van der Waals surface area contributed by atoms with Crippen LogP contribution in [0, 0.1) is 5.92 Å². The quantitative estimate of drug-likeness (QED) is 0.832. The first-order chi connectivity index (χ1) is 12.1. The summed E-state index contributed by atoms with van der Waals surface area (Å²) in [5.74, 6) is 0.274. The van der Waals surface area contributed by atoms with E-state index in [1.807, 2.05) is 0 Å². The summed E-state index contributed by atoms with van der Waals surface area (Å²) < 4.78 is 0. The highest BCUT2D eigenvalue weighted by Crippen LogP contribution is 2.23. The fraction of sp³-hybridized carbons (Fsp3) is 0.400. The second-order valence-electron chi connectivity index (χ2n) is 6.85. The number of benzene rings is 1. The number of halogens is 1. The molecule has 132 valence electrons. The van der Waals surface area contributed by atoms with Crippen molar-refractivity contribution in [3.63, 3.8) is 0 Å². The lowest BCUT2D eigenvalue weighted by Crippen LogP contribution is -2.48. The molecule has 3 rings (SSSR count). The molecule has 4 nitrogen and oxygen atoms in total. The lowest BCUT2D eigenvalue weighted by Gasteiger charge is -2.38. The van der Waals surface area contributed by atoms with Crippen molar-refractivity contribution in [3.05, 3.63) is 64.4 Å². The number of hydrogen-bond acceptors (Lipinski definition) is 3. The lowest BCUT2D eigenvalue weighted by molar-refractivity contribution is 0.0904. The zero-order chi connectivity index (χ0) is 17.8. The van der Waals surface area contributed by atoms with Crippen molar-refractivity contribution in [2.75, 3.05) is 13.1 Å². The minimum absolute atomic E-state index is 0.166. The second kappa shape index (κ2) is 7.98. The van der Waals surface area contributed by atoms with Crippen LogP contribution in [-0.2, 0) is 13.0 Å². The molecule has 1 unspecified atom stereocenters. The van der Waals surface area contributed by atoms with Crippen LogP contribution >= 0.6 is 11.6 Å². The summed E-state index contributed by atoms with van der Waals surface area (Å²) in [6.45, 7) is 6.96. The Hall–Kier alpha value is -1.91. The minimum Gasteiger partial charge on any atom is -0.350 e. The molecule has 5 heteroatoms. The largest absolute Gasteiger partial charge is 0.350 e. The van der Waals surface area contributed by atoms with Gasteiger partial charge in [-0.25, -0.2) is 4.98 Å². The van der Waals surface area contributed by atoms with Gasteiger partial charge in [0, 0.05) is 31.9 Å². The number of nitrogens with zero attached hydrogens (tertiary/aromatic N) is 2. The predicted octanol–water partition coefficient (Wildman–Crippen LogP) is 3.55. The number of aromatic nitrogens is 1. The van der Waals surface area contributed by atoms with Crippen molar-refractivity contribution in [2.45, 2.75) is 32.9 Å². The van der Waals surface area contributed by atoms with Crippen LogP contribution < -0.4 is 5.32 Å². The van der Waals surface area contributed by atoms with Crippen LogP contribution in [0.15, 0.2) is 42.6 Å². The van der Waals surface area contributed by atoms with Crippen LogP contribution in [0.2, 0.25) is 5.15 Å². The molecule has 1 N–H and O–H groups in total. The van der Waals surface area contributed by atoms with Crippen LogP contribution in [-0.4, -0.2) is 34.9 Å². The molecule has 1 amide bonds. The number of fused-ring (bicyclic) bond motifs is 1. The number of hydrogen-bond donors (Lipinski definition) is 1. The zero-order valence-corrected chi connectivity index (χ0v) is 15.5. The van der Waals surface area contributed by atoms with Gasteiger partial charge < -0.3 is 5.32 Å². The van der Waals surface area contributed by atoms with E-state index in [1.165, 1.54) is 11.1 Å². The van der Waals surface area contributed by atoms with Gasteiger partial charge in [-0.05, 0) is 35.6 Å². The van der Waals surface area contributed by atoms with E-state index in [2.05, 4.69) is 53.3 Å². The van der Waals surface area contributed by atoms with Gasteiger partial charge in [0.1, 0.15) is 5.15 Å². The molecule has 0 saturated heterocycles. The molecule has 1 aliphatic heterocycles. The Labute approximate surface area is 154 Å². The summed E-state index contributed by atoms with van der Waals surface area (Å²) >= 11 is 6.02. The predicted molar refractivity (Wildman–Crippen MR) is 101 cm³/mol. The normalized spacial score (nSPS) is 15.7. The smallest absolute Gasteiger partial charge is 0.254 e. The van der Waals surface area contributed by atoms with E-state index < -0.39 is 0 Å². The highest BCUT2D eigenvalue weighted by atomic mass is 35.5. The molecule has 25 heavy (non-hydrogen) atoms. The maximum Gasteiger partial charge on any atom is 0.254 e. The number of rotatable bonds is 5. The van der Waals surface area contributed by atoms with Crippen LogP contribution in [0.1, 0.15) is 35.3 Å². The average Bonchev–Trinajstić information content (AvgIpc) is 2.61. The van der Waals surface area contributed by atoms with E-state index >= 15 is 0 Å². The van der Waals surface area contributed by atoms with Crippen molar-refractivity contribution in [2.24, 2.45) is 5.92 Å². The topological polar surface area (TPSA) is 45.2 Å². The standard InChI is InChI=1S/C20H24ClN3O/c1-14(2)18(12-23-20(25)17-8-5-10-22-19(17)21)24-11-9-15-6-3-4-7-16(15)13-24/h3-8,10,14,18H,9,11-13H2,1-2H3,(H,23,25). The number of nitrogens with one attached hydrogen (secondary N) is 1. The molecule has 0 bridgehead atoms. The first-order valence-corrected chi connectivity index (χ1v) is 9.13. The van der Waals surface area contributed by atoms with Gasteiger partial charge in [-0.1, -0.05) is 49.7 Å². The number of pyridine rings is 1. The summed E-state index contributed by atoms with van der Waals surface area (Å²) in [5.41, 5.74) is 3.25. The molecule has 0 aliphatic carbocycles. The Morgan fingerprint density at radius 3 is 2.72 bits per heavy atom. The van der Waals surface area contributed by atoms with E-state index in [0.29, 0.717) is 18.0 Å². The number of carbonyl (C=O) groups is 1. The van der Waals surface area contributed by atoms with Crippen LogP contribution in [0.3, 0.4) is 0 Å². The Bertz CT molecular complexity index is 747. The molecule has 1 atom stereocenters. The van der Waals surface area contributed by atoms with Gasteiger partial charge in [0.15, 0.2) is 0 Å². The van der Waals surface area contributed by atoms with E-state index in [1.54, 1.807) is 18.3 Å². The third-order valence-corrected chi connectivity index (χ3v) is 5.18. The maximum absolute atomic E-state index is 12.4. The van der Waals surface area contributed by atoms with Crippen molar-refractivity contribution in [1.82, 2.24) is 15.2 Å². The second-order valence-corrected chi connectivity index (χ2v) is 7.21. The molecule has 1 aromatic carbocycles. The van der Waals surface area contributed by atoms with Crippen LogP contribution in [0.4, 0.5) is 0 Å². The molecule has 0 saturated carbocycles. The highest BCUT2D eigenvalue weighted by Gasteiger charge is 2.26. The van der Waals surface area contributed by atoms with Crippen molar-refractivity contribution < 1.29 is 4.79 Å². The van der Waals surface area contributed by atoms with Crippen molar-refractivity contribution in [1.29, 1.82) is 0 Å². The molecular weight excluding hydrogens is 334 g/mol. The van der Waals surface area contributed by atoms with E-state index in [4.69, 9.17) is 11.6 Å². The number of amides is 1. The zero-order valence-electron chi connectivity index (χ0n) is 14.7. The Morgan fingerprint density at radius 2 is 2.00 bits per heavy atom. The summed E-state index contributed by atoms with van der Waals surface area (Å²) in [4.78, 5) is 18.9. The summed E-state index contributed by atoms with van der Waals surface area (Å²) in [5, 5.41) is 3.28. The van der Waals surface area contributed by atoms with Gasteiger partial charge in [0.25, 0.3) is 5.91 Å². The fourth-order valence-corrected chi connectivity index (χ4v) is 3.64. The van der Waals surface area contributed by atoms with Crippen molar-refractivity contribution in [3.8, 4) is 0 Å². The minimum atomic E-state index is -0.166. The molecule has 0 radical (unpaired) electrons. The lowest BCUT2D eigenvalue weighted by atomic mass is 9.95. The van der Waals surface area contributed by atoms with Gasteiger partial charge in [-0.3, -0.25) is 9.69 Å². The number of carbonyl (C=O) groups excluding carboxylic acids is 1. The van der Waals surface area contributed by atoms with Gasteiger partial charge in [-0.2, -0.15) is 0 Å². The van der Waals surface area contributed by atoms with Crippen LogP contribution in [0.5, 0.6) is 0 Å². The fourth-order valence-electron chi connectivity index (χ4n) is 3.43. The maximum atomic E-state index is 12.4. The van der Waals surface area contributed by atoms with E-state index in [0.717, 1.165) is 19.5 Å². The monoisotopic (exact) mass is 357 g/mol. The average molecular weight is 358 g/mol. The van der Waals surface area contributed by atoms with Crippen LogP contribution in [0.25, 0.3) is 0 Å². The molecule has 0 fully saturated rings. The third kappa shape index (κ3) is 4.20. The molecule has 1 aliphatic rings. The molecule has 1 aromatic heterocycles. The third-order valence-electron chi connectivity index (χ3n) is 4.87. The van der Waals surface area contributed by atoms with E-state index in [-0.39, 0.29) is 17.1 Å². The van der Waals surface area contributed by atoms with Gasteiger partial charge in [0.2, 0.25) is 0 Å². The summed E-state index contributed by atoms with van der Waals surface area (Å²) in [6.07, 6.45) is 2.64.